The summed E-state index contributed by atoms with van der Waals surface area (Å²) in [6.45, 7) is 8.11. The predicted octanol–water partition coefficient (Wildman–Crippen LogP) is 4.25. The molecule has 0 bridgehead atoms. The zero-order valence-corrected chi connectivity index (χ0v) is 18.1. The Hall–Kier alpha value is -2.44. The first-order chi connectivity index (χ1) is 13.8. The summed E-state index contributed by atoms with van der Waals surface area (Å²) in [7, 11) is 2.16. The third kappa shape index (κ3) is 2.77. The molecule has 2 N–H and O–H groups in total. The molecule has 3 aromatic rings. The number of anilines is 2. The van der Waals surface area contributed by atoms with Gasteiger partial charge >= 0.3 is 0 Å². The van der Waals surface area contributed by atoms with Crippen molar-refractivity contribution < 1.29 is 4.79 Å². The van der Waals surface area contributed by atoms with Crippen molar-refractivity contribution in [3.8, 4) is 0 Å². The number of aryl methyl sites for hydroxylation is 3. The molecule has 29 heavy (non-hydrogen) atoms. The fraction of sp³-hybridized carbons (Fsp3) is 0.391. The fourth-order valence-corrected chi connectivity index (χ4v) is 6.24. The molecule has 5 rings (SSSR count). The molecule has 6 heteroatoms. The quantitative estimate of drug-likeness (QED) is 0.656. The minimum atomic E-state index is 0.0182. The first kappa shape index (κ1) is 18.6. The molecule has 1 fully saturated rings. The van der Waals surface area contributed by atoms with Crippen molar-refractivity contribution in [1.29, 1.82) is 0 Å². The number of hydrogen-bond donors (Lipinski definition) is 1. The first-order valence-electron chi connectivity index (χ1n) is 10.1. The number of fused-ring (bicyclic) bond motifs is 4. The van der Waals surface area contributed by atoms with Crippen LogP contribution in [0.25, 0.3) is 10.2 Å². The lowest BCUT2D eigenvalue weighted by molar-refractivity contribution is 0.0969. The Kier molecular flexibility index (Phi) is 4.19. The van der Waals surface area contributed by atoms with Gasteiger partial charge in [-0.1, -0.05) is 17.7 Å². The van der Waals surface area contributed by atoms with Gasteiger partial charge in [-0.3, -0.25) is 4.79 Å². The number of aromatic nitrogens is 1. The monoisotopic (exact) mass is 406 g/mol. The highest BCUT2D eigenvalue weighted by molar-refractivity contribution is 7.21. The molecule has 1 saturated heterocycles. The van der Waals surface area contributed by atoms with Crippen LogP contribution in [0.5, 0.6) is 0 Å². The van der Waals surface area contributed by atoms with E-state index in [4.69, 9.17) is 5.73 Å². The number of pyridine rings is 1. The second-order valence-corrected chi connectivity index (χ2v) is 9.57. The zero-order valence-electron chi connectivity index (χ0n) is 17.3. The number of hydrogen-bond acceptors (Lipinski definition) is 5. The number of likely N-dealkylation sites (tertiary alicyclic amines) is 1. The van der Waals surface area contributed by atoms with Crippen molar-refractivity contribution in [2.45, 2.75) is 39.2 Å². The van der Waals surface area contributed by atoms with Crippen LogP contribution in [0, 0.1) is 20.8 Å². The van der Waals surface area contributed by atoms with Gasteiger partial charge in [0.25, 0.3) is 5.91 Å². The predicted molar refractivity (Wildman–Crippen MR) is 120 cm³/mol. The minimum absolute atomic E-state index is 0.0182. The highest BCUT2D eigenvalue weighted by atomic mass is 32.1. The second-order valence-electron chi connectivity index (χ2n) is 8.57. The normalized spacial score (nSPS) is 21.4. The second kappa shape index (κ2) is 6.54. The van der Waals surface area contributed by atoms with Crippen LogP contribution in [0.3, 0.4) is 0 Å². The van der Waals surface area contributed by atoms with Crippen LogP contribution in [0.15, 0.2) is 24.3 Å². The average molecular weight is 407 g/mol. The number of nitrogen functional groups attached to an aromatic ring is 1. The van der Waals surface area contributed by atoms with Crippen molar-refractivity contribution in [1.82, 2.24) is 9.88 Å². The minimum Gasteiger partial charge on any atom is -0.397 e. The van der Waals surface area contributed by atoms with Gasteiger partial charge in [-0.2, -0.15) is 0 Å². The fourth-order valence-electron chi connectivity index (χ4n) is 5.08. The Morgan fingerprint density at radius 2 is 2.03 bits per heavy atom. The number of piperidine rings is 1. The third-order valence-electron chi connectivity index (χ3n) is 6.39. The van der Waals surface area contributed by atoms with E-state index in [9.17, 15) is 4.79 Å². The lowest BCUT2D eigenvalue weighted by atomic mass is 9.89. The summed E-state index contributed by atoms with van der Waals surface area (Å²) in [6.07, 6.45) is 0.974. The highest BCUT2D eigenvalue weighted by Gasteiger charge is 2.44. The van der Waals surface area contributed by atoms with Crippen molar-refractivity contribution in [2.75, 3.05) is 30.8 Å². The molecule has 150 valence electrons. The lowest BCUT2D eigenvalue weighted by Crippen LogP contribution is -2.47. The van der Waals surface area contributed by atoms with E-state index < -0.39 is 0 Å². The van der Waals surface area contributed by atoms with Crippen LogP contribution in [0.1, 0.15) is 44.4 Å². The standard InChI is InChI=1S/C23H26N4OS/c1-12-5-6-17-15(9-12)16-11-26(4)8-7-18(16)27(17)23(28)21-20(24)19-13(2)10-14(3)25-22(19)29-21/h5-6,9-10,16,18H,7-8,11,24H2,1-4H3. The van der Waals surface area contributed by atoms with Crippen LogP contribution in [-0.4, -0.2) is 42.0 Å². The van der Waals surface area contributed by atoms with Crippen molar-refractivity contribution in [3.63, 3.8) is 0 Å². The highest BCUT2D eigenvalue weighted by Crippen LogP contribution is 2.47. The van der Waals surface area contributed by atoms with Crippen molar-refractivity contribution in [2.24, 2.45) is 0 Å². The van der Waals surface area contributed by atoms with Crippen molar-refractivity contribution >= 4 is 38.8 Å². The number of carbonyl (C=O) groups is 1. The molecule has 2 aliphatic rings. The molecule has 0 radical (unpaired) electrons. The molecule has 1 amide bonds. The Labute approximate surface area is 175 Å². The van der Waals surface area contributed by atoms with Gasteiger partial charge in [0.1, 0.15) is 9.71 Å². The van der Waals surface area contributed by atoms with Gasteiger partial charge in [0, 0.05) is 35.3 Å². The van der Waals surface area contributed by atoms with Crippen LogP contribution in [0.2, 0.25) is 0 Å². The van der Waals surface area contributed by atoms with Gasteiger partial charge in [0.2, 0.25) is 0 Å². The number of benzene rings is 1. The maximum absolute atomic E-state index is 13.8. The Morgan fingerprint density at radius 1 is 1.24 bits per heavy atom. The molecule has 0 saturated carbocycles. The van der Waals surface area contributed by atoms with E-state index >= 15 is 0 Å². The van der Waals surface area contributed by atoms with Gasteiger partial charge < -0.3 is 15.5 Å². The van der Waals surface area contributed by atoms with Crippen LogP contribution in [-0.2, 0) is 0 Å². The van der Waals surface area contributed by atoms with Crippen molar-refractivity contribution in [3.05, 3.63) is 51.5 Å². The third-order valence-corrected chi connectivity index (χ3v) is 7.48. The summed E-state index contributed by atoms with van der Waals surface area (Å²) in [5.41, 5.74) is 12.7. The Morgan fingerprint density at radius 3 is 2.83 bits per heavy atom. The van der Waals surface area contributed by atoms with Gasteiger partial charge in [-0.05, 0) is 64.0 Å². The van der Waals surface area contributed by atoms with Crippen LogP contribution in [0.4, 0.5) is 11.4 Å². The molecule has 0 spiro atoms. The molecule has 0 aliphatic carbocycles. The van der Waals surface area contributed by atoms with Gasteiger partial charge in [0.15, 0.2) is 0 Å². The molecule has 5 nitrogen and oxygen atoms in total. The largest absolute Gasteiger partial charge is 0.397 e. The van der Waals surface area contributed by atoms with Crippen LogP contribution < -0.4 is 10.6 Å². The average Bonchev–Trinajstić information content (AvgIpc) is 3.16. The molecular weight excluding hydrogens is 380 g/mol. The number of thiophene rings is 1. The SMILES string of the molecule is Cc1ccc2c(c1)C1CN(C)CCC1N2C(=O)c1sc2nc(C)cc(C)c2c1N. The van der Waals surface area contributed by atoms with E-state index in [-0.39, 0.29) is 11.9 Å². The smallest absolute Gasteiger partial charge is 0.270 e. The molecule has 2 unspecified atom stereocenters. The number of rotatable bonds is 1. The summed E-state index contributed by atoms with van der Waals surface area (Å²) in [5.74, 6) is 0.370. The summed E-state index contributed by atoms with van der Waals surface area (Å²) < 4.78 is 0. The number of likely N-dealkylation sites (N-methyl/N-ethyl adjacent to an activating group) is 1. The van der Waals surface area contributed by atoms with Gasteiger partial charge in [-0.15, -0.1) is 11.3 Å². The zero-order chi connectivity index (χ0) is 20.4. The van der Waals surface area contributed by atoms with E-state index in [2.05, 4.69) is 42.1 Å². The number of amides is 1. The van der Waals surface area contributed by atoms with E-state index in [0.29, 0.717) is 16.5 Å². The number of nitrogens with two attached hydrogens (primary N) is 1. The molecule has 2 aromatic heterocycles. The summed E-state index contributed by atoms with van der Waals surface area (Å²) in [4.78, 5) is 24.3. The summed E-state index contributed by atoms with van der Waals surface area (Å²) in [6, 6.07) is 8.68. The van der Waals surface area contributed by atoms with E-state index in [1.54, 1.807) is 0 Å². The molecule has 2 atom stereocenters. The van der Waals surface area contributed by atoms with Gasteiger partial charge in [0.05, 0.1) is 5.69 Å². The molecular formula is C23H26N4OS. The molecule has 2 aliphatic heterocycles. The van der Waals surface area contributed by atoms with E-state index in [0.717, 1.165) is 46.7 Å². The van der Waals surface area contributed by atoms with E-state index in [1.165, 1.54) is 22.5 Å². The number of nitrogens with zero attached hydrogens (tertiary/aromatic N) is 3. The summed E-state index contributed by atoms with van der Waals surface area (Å²) in [5, 5.41) is 0.923. The molecule has 1 aromatic carbocycles. The Balaban J connectivity index is 1.64. The maximum Gasteiger partial charge on any atom is 0.270 e. The maximum atomic E-state index is 13.8. The first-order valence-corrected chi connectivity index (χ1v) is 11.0. The Bertz CT molecular complexity index is 1150. The molecule has 4 heterocycles. The van der Waals surface area contributed by atoms with Gasteiger partial charge in [-0.25, -0.2) is 4.98 Å². The topological polar surface area (TPSA) is 62.5 Å². The number of carbonyl (C=O) groups excluding carboxylic acids is 1. The summed E-state index contributed by atoms with van der Waals surface area (Å²) >= 11 is 1.43. The van der Waals surface area contributed by atoms with Crippen LogP contribution >= 0.6 is 11.3 Å². The lowest BCUT2D eigenvalue weighted by Gasteiger charge is -2.36. The van der Waals surface area contributed by atoms with E-state index in [1.807, 2.05) is 24.8 Å².